The normalized spacial score (nSPS) is 25.7. The lowest BCUT2D eigenvalue weighted by molar-refractivity contribution is 0.0184. The van der Waals surface area contributed by atoms with E-state index in [-0.39, 0.29) is 0 Å². The average molecular weight is 369 g/mol. The van der Waals surface area contributed by atoms with E-state index in [1.54, 1.807) is 0 Å². The van der Waals surface area contributed by atoms with Crippen molar-refractivity contribution in [1.82, 2.24) is 19.7 Å². The molecule has 27 heavy (non-hydrogen) atoms. The van der Waals surface area contributed by atoms with Crippen LogP contribution in [0.25, 0.3) is 10.9 Å². The Morgan fingerprint density at radius 3 is 2.63 bits per heavy atom. The second-order valence-electron chi connectivity index (χ2n) is 8.53. The second-order valence-corrected chi connectivity index (χ2v) is 8.53. The Kier molecular flexibility index (Phi) is 5.18. The minimum absolute atomic E-state index is 0.719. The quantitative estimate of drug-likeness (QED) is 0.880. The minimum Gasteiger partial charge on any atom is -0.379 e. The maximum absolute atomic E-state index is 5.51. The van der Waals surface area contributed by atoms with Crippen molar-refractivity contribution in [2.75, 3.05) is 52.5 Å². The summed E-state index contributed by atoms with van der Waals surface area (Å²) in [5.41, 5.74) is 4.08. The van der Waals surface area contributed by atoms with E-state index < -0.39 is 0 Å². The fourth-order valence-electron chi connectivity index (χ4n) is 5.06. The van der Waals surface area contributed by atoms with Gasteiger partial charge >= 0.3 is 0 Å². The predicted molar refractivity (Wildman–Crippen MR) is 109 cm³/mol. The van der Waals surface area contributed by atoms with Crippen LogP contribution in [-0.4, -0.2) is 78.2 Å². The summed E-state index contributed by atoms with van der Waals surface area (Å²) in [5.74, 6) is 0. The van der Waals surface area contributed by atoms with Crippen molar-refractivity contribution in [3.05, 3.63) is 35.5 Å². The third-order valence-electron chi connectivity index (χ3n) is 6.55. The van der Waals surface area contributed by atoms with E-state index in [9.17, 15) is 0 Å². The summed E-state index contributed by atoms with van der Waals surface area (Å²) < 4.78 is 5.51. The van der Waals surface area contributed by atoms with Crippen LogP contribution >= 0.6 is 0 Å². The number of ether oxygens (including phenoxy) is 1. The first-order valence-electron chi connectivity index (χ1n) is 10.7. The number of aromatic nitrogens is 1. The topological polar surface area (TPSA) is 34.7 Å². The molecule has 0 bridgehead atoms. The number of H-pyrrole nitrogens is 1. The first-order valence-corrected chi connectivity index (χ1v) is 10.7. The number of likely N-dealkylation sites (tertiary alicyclic amines) is 2. The second kappa shape index (κ2) is 7.92. The summed E-state index contributed by atoms with van der Waals surface area (Å²) in [6.07, 6.45) is 4.00. The van der Waals surface area contributed by atoms with Gasteiger partial charge in [0.2, 0.25) is 0 Å². The summed E-state index contributed by atoms with van der Waals surface area (Å²) >= 11 is 0. The zero-order valence-electron chi connectivity index (χ0n) is 16.3. The van der Waals surface area contributed by atoms with E-state index in [1.165, 1.54) is 67.6 Å². The number of hydrogen-bond acceptors (Lipinski definition) is 4. The molecule has 0 unspecified atom stereocenters. The maximum atomic E-state index is 5.51. The number of benzene rings is 1. The van der Waals surface area contributed by atoms with Gasteiger partial charge in [0.15, 0.2) is 0 Å². The Bertz CT molecular complexity index is 761. The molecule has 0 radical (unpaired) electrons. The van der Waals surface area contributed by atoms with Gasteiger partial charge in [-0.15, -0.1) is 0 Å². The monoisotopic (exact) mass is 368 g/mol. The number of morpholine rings is 1. The van der Waals surface area contributed by atoms with E-state index in [4.69, 9.17) is 4.74 Å². The van der Waals surface area contributed by atoms with Crippen LogP contribution in [0.15, 0.2) is 24.3 Å². The van der Waals surface area contributed by atoms with Gasteiger partial charge in [0.25, 0.3) is 0 Å². The van der Waals surface area contributed by atoms with Crippen LogP contribution < -0.4 is 0 Å². The lowest BCUT2D eigenvalue weighted by atomic mass is 10.1. The van der Waals surface area contributed by atoms with Gasteiger partial charge in [-0.2, -0.15) is 0 Å². The zero-order chi connectivity index (χ0) is 18.1. The summed E-state index contributed by atoms with van der Waals surface area (Å²) in [5, 5.41) is 1.37. The van der Waals surface area contributed by atoms with E-state index in [0.717, 1.165) is 45.4 Å². The van der Waals surface area contributed by atoms with E-state index >= 15 is 0 Å². The van der Waals surface area contributed by atoms with Crippen molar-refractivity contribution in [3.63, 3.8) is 0 Å². The first kappa shape index (κ1) is 17.7. The van der Waals surface area contributed by atoms with E-state index in [0.29, 0.717) is 0 Å². The van der Waals surface area contributed by atoms with Gasteiger partial charge in [0, 0.05) is 61.9 Å². The zero-order valence-corrected chi connectivity index (χ0v) is 16.3. The third kappa shape index (κ3) is 4.06. The lowest BCUT2D eigenvalue weighted by Gasteiger charge is -2.32. The van der Waals surface area contributed by atoms with Crippen molar-refractivity contribution in [2.24, 2.45) is 0 Å². The molecule has 1 aromatic heterocycles. The molecule has 1 atom stereocenters. The predicted octanol–water partition coefficient (Wildman–Crippen LogP) is 2.67. The molecule has 0 saturated carbocycles. The summed E-state index contributed by atoms with van der Waals surface area (Å²) in [6.45, 7) is 11.1. The number of nitrogens with one attached hydrogen (secondary N) is 1. The highest BCUT2D eigenvalue weighted by atomic mass is 16.5. The van der Waals surface area contributed by atoms with Crippen molar-refractivity contribution >= 4 is 10.9 Å². The van der Waals surface area contributed by atoms with Gasteiger partial charge in [-0.3, -0.25) is 14.7 Å². The van der Waals surface area contributed by atoms with Crippen LogP contribution in [0.5, 0.6) is 0 Å². The fraction of sp³-hybridized carbons (Fsp3) is 0.636. The molecule has 3 aliphatic rings. The Balaban J connectivity index is 1.21. The fourth-order valence-corrected chi connectivity index (χ4v) is 5.06. The average Bonchev–Trinajstić information content (AvgIpc) is 3.43. The molecular weight excluding hydrogens is 336 g/mol. The molecule has 4 heterocycles. The summed E-state index contributed by atoms with van der Waals surface area (Å²) in [7, 11) is 0. The highest BCUT2D eigenvalue weighted by Crippen LogP contribution is 2.23. The smallest absolute Gasteiger partial charge is 0.0594 e. The molecule has 0 amide bonds. The number of aromatic amines is 1. The Morgan fingerprint density at radius 1 is 0.926 bits per heavy atom. The first-order chi connectivity index (χ1) is 13.3. The molecule has 1 N–H and O–H groups in total. The van der Waals surface area contributed by atoms with Crippen LogP contribution in [0.1, 0.15) is 30.5 Å². The van der Waals surface area contributed by atoms with Crippen LogP contribution in [0.3, 0.4) is 0 Å². The van der Waals surface area contributed by atoms with Gasteiger partial charge in [-0.25, -0.2) is 0 Å². The molecule has 146 valence electrons. The molecule has 0 aliphatic carbocycles. The number of hydrogen-bond donors (Lipinski definition) is 1. The SMILES string of the molecule is c1cc2[nH]c(CN3CCCC3)cc2cc1CN1CC[C@H](N2CCOCC2)C1. The summed E-state index contributed by atoms with van der Waals surface area (Å²) in [6, 6.07) is 10.0. The van der Waals surface area contributed by atoms with Gasteiger partial charge in [0.1, 0.15) is 0 Å². The number of fused-ring (bicyclic) bond motifs is 1. The van der Waals surface area contributed by atoms with Crippen LogP contribution in [0, 0.1) is 0 Å². The largest absolute Gasteiger partial charge is 0.379 e. The van der Waals surface area contributed by atoms with Crippen molar-refractivity contribution in [2.45, 2.75) is 38.4 Å². The highest BCUT2D eigenvalue weighted by molar-refractivity contribution is 5.81. The Hall–Kier alpha value is -1.40. The molecule has 3 aliphatic heterocycles. The molecule has 1 aromatic carbocycles. The van der Waals surface area contributed by atoms with Gasteiger partial charge in [-0.05, 0) is 56.1 Å². The van der Waals surface area contributed by atoms with E-state index in [2.05, 4.69) is 43.9 Å². The molecule has 5 heteroatoms. The molecule has 3 saturated heterocycles. The Labute approximate surface area is 162 Å². The van der Waals surface area contributed by atoms with E-state index in [1.807, 2.05) is 0 Å². The van der Waals surface area contributed by atoms with Crippen molar-refractivity contribution < 1.29 is 4.74 Å². The summed E-state index contributed by atoms with van der Waals surface area (Å²) in [4.78, 5) is 11.4. The standard InChI is InChI=1S/C22H32N4O/c1-2-7-24(6-1)16-20-14-19-13-18(3-4-22(19)23-20)15-25-8-5-21(17-25)26-9-11-27-12-10-26/h3-4,13-14,21,23H,1-2,5-12,15-17H2/t21-/m0/s1. The van der Waals surface area contributed by atoms with Gasteiger partial charge in [-0.1, -0.05) is 6.07 Å². The third-order valence-corrected chi connectivity index (χ3v) is 6.55. The molecule has 0 spiro atoms. The van der Waals surface area contributed by atoms with Crippen molar-refractivity contribution in [3.8, 4) is 0 Å². The van der Waals surface area contributed by atoms with Crippen LogP contribution in [0.4, 0.5) is 0 Å². The molecule has 2 aromatic rings. The minimum atomic E-state index is 0.719. The lowest BCUT2D eigenvalue weighted by Crippen LogP contribution is -2.44. The number of nitrogens with zero attached hydrogens (tertiary/aromatic N) is 3. The van der Waals surface area contributed by atoms with Crippen LogP contribution in [-0.2, 0) is 17.8 Å². The molecule has 3 fully saturated rings. The molecular formula is C22H32N4O. The molecule has 5 rings (SSSR count). The maximum Gasteiger partial charge on any atom is 0.0594 e. The Morgan fingerprint density at radius 2 is 1.78 bits per heavy atom. The van der Waals surface area contributed by atoms with Crippen molar-refractivity contribution in [1.29, 1.82) is 0 Å². The van der Waals surface area contributed by atoms with Gasteiger partial charge in [0.05, 0.1) is 13.2 Å². The highest BCUT2D eigenvalue weighted by Gasteiger charge is 2.28. The molecule has 5 nitrogen and oxygen atoms in total. The van der Waals surface area contributed by atoms with Gasteiger partial charge < -0.3 is 9.72 Å². The number of rotatable bonds is 5. The van der Waals surface area contributed by atoms with Crippen LogP contribution in [0.2, 0.25) is 0 Å².